The smallest absolute Gasteiger partial charge is 0.179 e. The highest BCUT2D eigenvalue weighted by Gasteiger charge is 2.17. The van der Waals surface area contributed by atoms with Gasteiger partial charge in [-0.3, -0.25) is 4.79 Å². The Balaban J connectivity index is 2.88. The Morgan fingerprint density at radius 2 is 1.82 bits per heavy atom. The number of ketones is 1. The monoisotopic (exact) mass is 229 g/mol. The highest BCUT2D eigenvalue weighted by atomic mass is 16.1. The molecule has 2 unspecified atom stereocenters. The van der Waals surface area contributed by atoms with Crippen LogP contribution >= 0.6 is 0 Å². The van der Waals surface area contributed by atoms with E-state index in [0.717, 1.165) is 6.42 Å². The molecule has 90 valence electrons. The zero-order valence-corrected chi connectivity index (χ0v) is 10.7. The number of hydrogen-bond donors (Lipinski definition) is 0. The fourth-order valence-corrected chi connectivity index (χ4v) is 1.75. The van der Waals surface area contributed by atoms with Gasteiger partial charge < -0.3 is 0 Å². The van der Waals surface area contributed by atoms with Crippen molar-refractivity contribution < 1.29 is 4.79 Å². The summed E-state index contributed by atoms with van der Waals surface area (Å²) in [6.45, 7) is 6.17. The Morgan fingerprint density at radius 1 is 1.24 bits per heavy atom. The van der Waals surface area contributed by atoms with Crippen molar-refractivity contribution in [2.24, 2.45) is 5.92 Å². The third-order valence-electron chi connectivity index (χ3n) is 3.26. The van der Waals surface area contributed by atoms with Crippen LogP contribution in [0.4, 0.5) is 0 Å². The van der Waals surface area contributed by atoms with Gasteiger partial charge in [-0.1, -0.05) is 45.0 Å². The van der Waals surface area contributed by atoms with Gasteiger partial charge in [0.25, 0.3) is 0 Å². The van der Waals surface area contributed by atoms with E-state index in [1.165, 1.54) is 5.56 Å². The van der Waals surface area contributed by atoms with E-state index in [9.17, 15) is 4.79 Å². The lowest BCUT2D eigenvalue weighted by Crippen LogP contribution is -2.11. The molecule has 0 bridgehead atoms. The molecule has 2 nitrogen and oxygen atoms in total. The SMILES string of the molecule is CCC(C#N)C(=O)c1ccc(C(C)CC)cc1. The molecule has 1 rings (SSSR count). The van der Waals surface area contributed by atoms with Crippen molar-refractivity contribution >= 4 is 5.78 Å². The maximum atomic E-state index is 11.9. The average Bonchev–Trinajstić information content (AvgIpc) is 2.39. The van der Waals surface area contributed by atoms with Gasteiger partial charge >= 0.3 is 0 Å². The minimum atomic E-state index is -0.510. The summed E-state index contributed by atoms with van der Waals surface area (Å²) in [6.07, 6.45) is 1.66. The normalized spacial score (nSPS) is 13.8. The topological polar surface area (TPSA) is 40.9 Å². The summed E-state index contributed by atoms with van der Waals surface area (Å²) >= 11 is 0. The Hall–Kier alpha value is -1.62. The van der Waals surface area contributed by atoms with Crippen molar-refractivity contribution in [1.82, 2.24) is 0 Å². The van der Waals surface area contributed by atoms with Gasteiger partial charge in [0.15, 0.2) is 5.78 Å². The van der Waals surface area contributed by atoms with Crippen molar-refractivity contribution in [3.63, 3.8) is 0 Å². The van der Waals surface area contributed by atoms with Gasteiger partial charge in [-0.25, -0.2) is 0 Å². The second-order valence-corrected chi connectivity index (χ2v) is 4.39. The van der Waals surface area contributed by atoms with Gasteiger partial charge in [0.2, 0.25) is 0 Å². The van der Waals surface area contributed by atoms with Crippen LogP contribution in [-0.2, 0) is 0 Å². The Bertz CT molecular complexity index is 414. The lowest BCUT2D eigenvalue weighted by Gasteiger charge is -2.10. The van der Waals surface area contributed by atoms with Gasteiger partial charge in [-0.2, -0.15) is 5.26 Å². The Labute approximate surface area is 103 Å². The molecule has 17 heavy (non-hydrogen) atoms. The van der Waals surface area contributed by atoms with Crippen molar-refractivity contribution in [3.8, 4) is 6.07 Å². The fourth-order valence-electron chi connectivity index (χ4n) is 1.75. The molecule has 0 saturated carbocycles. The van der Waals surface area contributed by atoms with E-state index in [2.05, 4.69) is 13.8 Å². The van der Waals surface area contributed by atoms with Gasteiger partial charge in [0.1, 0.15) is 5.92 Å². The number of benzene rings is 1. The first-order valence-corrected chi connectivity index (χ1v) is 6.17. The Kier molecular flexibility index (Phi) is 4.90. The number of carbonyl (C=O) groups is 1. The van der Waals surface area contributed by atoms with Crippen LogP contribution in [0, 0.1) is 17.2 Å². The van der Waals surface area contributed by atoms with E-state index in [0.29, 0.717) is 17.9 Å². The molecule has 2 heteroatoms. The summed E-state index contributed by atoms with van der Waals surface area (Å²) in [6, 6.07) is 9.71. The number of hydrogen-bond acceptors (Lipinski definition) is 2. The van der Waals surface area contributed by atoms with E-state index in [1.807, 2.05) is 37.3 Å². The lowest BCUT2D eigenvalue weighted by molar-refractivity contribution is 0.0946. The maximum absolute atomic E-state index is 11.9. The number of rotatable bonds is 5. The van der Waals surface area contributed by atoms with Crippen LogP contribution in [0.25, 0.3) is 0 Å². The standard InChI is InChI=1S/C15H19NO/c1-4-11(3)13-6-8-14(9-7-13)15(17)12(5-2)10-16/h6-9,11-12H,4-5H2,1-3H3. The molecule has 0 aliphatic carbocycles. The summed E-state index contributed by atoms with van der Waals surface area (Å²) in [4.78, 5) is 11.9. The molecular formula is C15H19NO. The molecule has 0 saturated heterocycles. The number of nitriles is 1. The third kappa shape index (κ3) is 3.17. The van der Waals surface area contributed by atoms with Crippen LogP contribution in [0.3, 0.4) is 0 Å². The summed E-state index contributed by atoms with van der Waals surface area (Å²) in [5, 5.41) is 8.87. The number of Topliss-reactive ketones (excluding diaryl/α,β-unsaturated/α-hetero) is 1. The summed E-state index contributed by atoms with van der Waals surface area (Å²) in [5.74, 6) is -0.0627. The van der Waals surface area contributed by atoms with Crippen molar-refractivity contribution in [3.05, 3.63) is 35.4 Å². The molecule has 0 aliphatic rings. The molecule has 0 heterocycles. The molecule has 0 amide bonds. The molecule has 0 aliphatic heterocycles. The lowest BCUT2D eigenvalue weighted by atomic mass is 9.93. The van der Waals surface area contributed by atoms with E-state index >= 15 is 0 Å². The van der Waals surface area contributed by atoms with Crippen LogP contribution in [0.1, 0.15) is 55.5 Å². The van der Waals surface area contributed by atoms with Crippen LogP contribution < -0.4 is 0 Å². The van der Waals surface area contributed by atoms with E-state index in [-0.39, 0.29) is 5.78 Å². The Morgan fingerprint density at radius 3 is 2.24 bits per heavy atom. The first-order valence-electron chi connectivity index (χ1n) is 6.17. The zero-order chi connectivity index (χ0) is 12.8. The highest BCUT2D eigenvalue weighted by molar-refractivity contribution is 5.99. The van der Waals surface area contributed by atoms with Crippen molar-refractivity contribution in [2.75, 3.05) is 0 Å². The average molecular weight is 229 g/mol. The van der Waals surface area contributed by atoms with Crippen molar-refractivity contribution in [1.29, 1.82) is 5.26 Å². The quantitative estimate of drug-likeness (QED) is 0.718. The second kappa shape index (κ2) is 6.20. The molecule has 0 N–H and O–H groups in total. The zero-order valence-electron chi connectivity index (χ0n) is 10.7. The molecule has 0 aromatic heterocycles. The van der Waals surface area contributed by atoms with Crippen LogP contribution in [0.2, 0.25) is 0 Å². The van der Waals surface area contributed by atoms with Crippen LogP contribution in [0.15, 0.2) is 24.3 Å². The molecule has 1 aromatic rings. The van der Waals surface area contributed by atoms with Gasteiger partial charge in [0.05, 0.1) is 6.07 Å². The maximum Gasteiger partial charge on any atom is 0.179 e. The second-order valence-electron chi connectivity index (χ2n) is 4.39. The molecule has 2 atom stereocenters. The first kappa shape index (κ1) is 13.4. The molecular weight excluding hydrogens is 210 g/mol. The minimum Gasteiger partial charge on any atom is -0.293 e. The largest absolute Gasteiger partial charge is 0.293 e. The minimum absolute atomic E-state index is 0.0642. The van der Waals surface area contributed by atoms with Crippen LogP contribution in [-0.4, -0.2) is 5.78 Å². The van der Waals surface area contributed by atoms with E-state index in [4.69, 9.17) is 5.26 Å². The van der Waals surface area contributed by atoms with E-state index < -0.39 is 5.92 Å². The number of nitrogens with zero attached hydrogens (tertiary/aromatic N) is 1. The predicted molar refractivity (Wildman–Crippen MR) is 68.9 cm³/mol. The summed E-state index contributed by atoms with van der Waals surface area (Å²) in [7, 11) is 0. The van der Waals surface area contributed by atoms with Gasteiger partial charge in [-0.15, -0.1) is 0 Å². The molecule has 0 spiro atoms. The van der Waals surface area contributed by atoms with Gasteiger partial charge in [-0.05, 0) is 24.3 Å². The molecule has 0 radical (unpaired) electrons. The first-order chi connectivity index (χ1) is 8.13. The highest BCUT2D eigenvalue weighted by Crippen LogP contribution is 2.20. The molecule has 0 fully saturated rings. The predicted octanol–water partition coefficient (Wildman–Crippen LogP) is 3.93. The molecule has 1 aromatic carbocycles. The summed E-state index contributed by atoms with van der Waals surface area (Å²) < 4.78 is 0. The summed E-state index contributed by atoms with van der Waals surface area (Å²) in [5.41, 5.74) is 1.89. The third-order valence-corrected chi connectivity index (χ3v) is 3.26. The van der Waals surface area contributed by atoms with Gasteiger partial charge in [0, 0.05) is 5.56 Å². The van der Waals surface area contributed by atoms with E-state index in [1.54, 1.807) is 0 Å². The fraction of sp³-hybridized carbons (Fsp3) is 0.467. The van der Waals surface area contributed by atoms with Crippen molar-refractivity contribution in [2.45, 2.75) is 39.5 Å². The van der Waals surface area contributed by atoms with Crippen LogP contribution in [0.5, 0.6) is 0 Å². The number of carbonyl (C=O) groups excluding carboxylic acids is 1.